The summed E-state index contributed by atoms with van der Waals surface area (Å²) < 4.78 is 2.39. The van der Waals surface area contributed by atoms with Crippen LogP contribution in [0.1, 0.15) is 25.0 Å². The van der Waals surface area contributed by atoms with E-state index in [0.29, 0.717) is 0 Å². The Balaban J connectivity index is 0.902. The van der Waals surface area contributed by atoms with Gasteiger partial charge in [0.15, 0.2) is 0 Å². The summed E-state index contributed by atoms with van der Waals surface area (Å²) >= 11 is 0. The topological polar surface area (TPSA) is 8.17 Å². The molecule has 0 radical (unpaired) electrons. The molecule has 2 nitrogen and oxygen atoms in total. The van der Waals surface area contributed by atoms with E-state index in [1.165, 1.54) is 99.3 Å². The molecule has 12 aromatic rings. The second-order valence-corrected chi connectivity index (χ2v) is 18.9. The Morgan fingerprint density at radius 1 is 0.333 bits per heavy atom. The van der Waals surface area contributed by atoms with Crippen LogP contribution in [-0.2, 0) is 5.41 Å². The molecule has 0 aliphatic heterocycles. The molecule has 0 unspecified atom stereocenters. The zero-order valence-electron chi connectivity index (χ0n) is 38.6. The first kappa shape index (κ1) is 40.5. The van der Waals surface area contributed by atoms with E-state index in [4.69, 9.17) is 0 Å². The largest absolute Gasteiger partial charge is 0.311 e. The Morgan fingerprint density at radius 2 is 0.783 bits per heavy atom. The lowest BCUT2D eigenvalue weighted by Gasteiger charge is -2.26. The summed E-state index contributed by atoms with van der Waals surface area (Å²) in [6.45, 7) is 4.70. The minimum absolute atomic E-state index is 0.0570. The van der Waals surface area contributed by atoms with Gasteiger partial charge in [0, 0.05) is 38.9 Å². The number of benzene rings is 11. The third-order valence-corrected chi connectivity index (χ3v) is 14.6. The number of hydrogen-bond donors (Lipinski definition) is 0. The number of hydrogen-bond acceptors (Lipinski definition) is 1. The van der Waals surface area contributed by atoms with Crippen LogP contribution in [0.25, 0.3) is 93.9 Å². The number of para-hydroxylation sites is 2. The van der Waals surface area contributed by atoms with Crippen LogP contribution in [0.2, 0.25) is 0 Å². The third kappa shape index (κ3) is 6.71. The molecule has 0 spiro atoms. The summed E-state index contributed by atoms with van der Waals surface area (Å²) in [7, 11) is 0. The van der Waals surface area contributed by atoms with Crippen molar-refractivity contribution in [3.63, 3.8) is 0 Å². The third-order valence-electron chi connectivity index (χ3n) is 14.6. The minimum Gasteiger partial charge on any atom is -0.311 e. The summed E-state index contributed by atoms with van der Waals surface area (Å²) in [6, 6.07) is 93.5. The van der Waals surface area contributed by atoms with Gasteiger partial charge in [-0.25, -0.2) is 0 Å². The van der Waals surface area contributed by atoms with Crippen molar-refractivity contribution < 1.29 is 0 Å². The summed E-state index contributed by atoms with van der Waals surface area (Å²) in [5.41, 5.74) is 21.9. The first-order valence-corrected chi connectivity index (χ1v) is 24.0. The SMILES string of the molecule is CC1(C)c2ccccc2-c2c(-c3ccc(N(c4ccc(-c5cccc(-n6c7ccccc7c7ccccc76)c5)cc4)c4ccc(-c5cccc6cccc(-c7ccccc7)c56)cc4)cc3)cccc21. The van der Waals surface area contributed by atoms with Gasteiger partial charge in [0.05, 0.1) is 11.0 Å². The lowest BCUT2D eigenvalue weighted by molar-refractivity contribution is 0.660. The van der Waals surface area contributed by atoms with Crippen molar-refractivity contribution in [2.45, 2.75) is 19.3 Å². The molecule has 11 aromatic carbocycles. The normalized spacial score (nSPS) is 12.6. The summed E-state index contributed by atoms with van der Waals surface area (Å²) in [4.78, 5) is 2.39. The predicted octanol–water partition coefficient (Wildman–Crippen LogP) is 18.4. The molecule has 1 aliphatic rings. The van der Waals surface area contributed by atoms with Crippen LogP contribution in [0.5, 0.6) is 0 Å². The van der Waals surface area contributed by atoms with Gasteiger partial charge in [-0.1, -0.05) is 208 Å². The van der Waals surface area contributed by atoms with Crippen molar-refractivity contribution in [2.24, 2.45) is 0 Å². The molecule has 0 atom stereocenters. The van der Waals surface area contributed by atoms with Crippen molar-refractivity contribution in [3.8, 4) is 61.3 Å². The van der Waals surface area contributed by atoms with Crippen molar-refractivity contribution >= 4 is 49.6 Å². The summed E-state index contributed by atoms with van der Waals surface area (Å²) in [5, 5.41) is 5.03. The van der Waals surface area contributed by atoms with Crippen LogP contribution >= 0.6 is 0 Å². The van der Waals surface area contributed by atoms with E-state index in [1.807, 2.05) is 0 Å². The molecule has 1 aliphatic carbocycles. The van der Waals surface area contributed by atoms with Gasteiger partial charge in [0.2, 0.25) is 0 Å². The fourth-order valence-electron chi connectivity index (χ4n) is 11.3. The highest BCUT2D eigenvalue weighted by atomic mass is 15.1. The van der Waals surface area contributed by atoms with Crippen molar-refractivity contribution in [1.29, 1.82) is 0 Å². The fourth-order valence-corrected chi connectivity index (χ4v) is 11.3. The van der Waals surface area contributed by atoms with Crippen LogP contribution in [0, 0.1) is 0 Å². The van der Waals surface area contributed by atoms with Crippen LogP contribution < -0.4 is 4.90 Å². The molecule has 0 bridgehead atoms. The molecule has 1 heterocycles. The van der Waals surface area contributed by atoms with Gasteiger partial charge in [0.1, 0.15) is 0 Å². The zero-order chi connectivity index (χ0) is 46.1. The molecular weight excluding hydrogens is 833 g/mol. The van der Waals surface area contributed by atoms with E-state index >= 15 is 0 Å². The zero-order valence-corrected chi connectivity index (χ0v) is 38.6. The van der Waals surface area contributed by atoms with Gasteiger partial charge in [-0.2, -0.15) is 0 Å². The number of anilines is 3. The van der Waals surface area contributed by atoms with Crippen LogP contribution in [0.4, 0.5) is 17.1 Å². The minimum atomic E-state index is -0.0570. The molecule has 2 heteroatoms. The molecule has 326 valence electrons. The lowest BCUT2D eigenvalue weighted by atomic mass is 9.82. The van der Waals surface area contributed by atoms with E-state index in [0.717, 1.165) is 22.7 Å². The van der Waals surface area contributed by atoms with Gasteiger partial charge < -0.3 is 9.47 Å². The standard InChI is InChI=1S/C67H48N2/c1-67(2)61-28-9-6-24-60(61)66-57(27-15-29-62(66)67)48-36-42-53(43-37-48)68(52-40-34-47(35-41-52)56-26-14-19-49-18-13-25-55(65(49)56)46-16-4-3-5-17-46)51-38-32-45(33-39-51)50-20-12-21-54(44-50)69-63-30-10-7-22-58(63)59-23-8-11-31-64(59)69/h3-44H,1-2H3. The quantitative estimate of drug-likeness (QED) is 0.148. The average Bonchev–Trinajstić information content (AvgIpc) is 3.87. The van der Waals surface area contributed by atoms with Crippen molar-refractivity contribution in [2.75, 3.05) is 4.90 Å². The predicted molar refractivity (Wildman–Crippen MR) is 292 cm³/mol. The van der Waals surface area contributed by atoms with Gasteiger partial charge in [-0.15, -0.1) is 0 Å². The van der Waals surface area contributed by atoms with E-state index in [1.54, 1.807) is 0 Å². The molecule has 0 fully saturated rings. The Morgan fingerprint density at radius 3 is 1.42 bits per heavy atom. The Hall–Kier alpha value is -8.72. The Bertz CT molecular complexity index is 3840. The van der Waals surface area contributed by atoms with Crippen LogP contribution in [-0.4, -0.2) is 4.57 Å². The highest BCUT2D eigenvalue weighted by Gasteiger charge is 2.36. The second-order valence-electron chi connectivity index (χ2n) is 18.9. The van der Waals surface area contributed by atoms with Gasteiger partial charge in [-0.05, 0) is 138 Å². The molecule has 0 N–H and O–H groups in total. The van der Waals surface area contributed by atoms with Crippen molar-refractivity contribution in [1.82, 2.24) is 4.57 Å². The van der Waals surface area contributed by atoms with Crippen molar-refractivity contribution in [3.05, 3.63) is 266 Å². The summed E-state index contributed by atoms with van der Waals surface area (Å²) in [5.74, 6) is 0. The monoisotopic (exact) mass is 880 g/mol. The molecular formula is C67H48N2. The number of fused-ring (bicyclic) bond motifs is 7. The van der Waals surface area contributed by atoms with Crippen LogP contribution in [0.15, 0.2) is 255 Å². The Labute approximate surface area is 403 Å². The number of aromatic nitrogens is 1. The molecule has 1 aromatic heterocycles. The first-order chi connectivity index (χ1) is 34.0. The molecule has 0 amide bonds. The van der Waals surface area contributed by atoms with E-state index in [2.05, 4.69) is 278 Å². The first-order valence-electron chi connectivity index (χ1n) is 24.0. The smallest absolute Gasteiger partial charge is 0.0541 e. The Kier molecular flexibility index (Phi) is 9.55. The highest BCUT2D eigenvalue weighted by Crippen LogP contribution is 2.52. The highest BCUT2D eigenvalue weighted by molar-refractivity contribution is 6.09. The van der Waals surface area contributed by atoms with Gasteiger partial charge >= 0.3 is 0 Å². The fraction of sp³-hybridized carbons (Fsp3) is 0.0448. The maximum atomic E-state index is 2.39. The maximum Gasteiger partial charge on any atom is 0.0541 e. The maximum absolute atomic E-state index is 2.39. The molecule has 0 saturated heterocycles. The average molecular weight is 881 g/mol. The van der Waals surface area contributed by atoms with Gasteiger partial charge in [-0.3, -0.25) is 0 Å². The van der Waals surface area contributed by atoms with E-state index < -0.39 is 0 Å². The lowest BCUT2D eigenvalue weighted by Crippen LogP contribution is -2.14. The van der Waals surface area contributed by atoms with E-state index in [-0.39, 0.29) is 5.41 Å². The summed E-state index contributed by atoms with van der Waals surface area (Å²) in [6.07, 6.45) is 0. The van der Waals surface area contributed by atoms with Gasteiger partial charge in [0.25, 0.3) is 0 Å². The molecule has 0 saturated carbocycles. The number of nitrogens with zero attached hydrogens (tertiary/aromatic N) is 2. The van der Waals surface area contributed by atoms with Crippen LogP contribution in [0.3, 0.4) is 0 Å². The van der Waals surface area contributed by atoms with E-state index in [9.17, 15) is 0 Å². The molecule has 69 heavy (non-hydrogen) atoms. The molecule has 13 rings (SSSR count). The number of rotatable bonds is 8. The second kappa shape index (κ2) is 16.3.